The minimum Gasteiger partial charge on any atom is -0.381 e. The van der Waals surface area contributed by atoms with Crippen LogP contribution in [-0.2, 0) is 0 Å². The van der Waals surface area contributed by atoms with Gasteiger partial charge in [-0.15, -0.1) is 0 Å². The van der Waals surface area contributed by atoms with Crippen molar-refractivity contribution in [3.8, 4) is 22.5 Å². The van der Waals surface area contributed by atoms with Crippen LogP contribution in [0.3, 0.4) is 0 Å². The van der Waals surface area contributed by atoms with Crippen LogP contribution in [-0.4, -0.2) is 26.5 Å². The molecule has 0 amide bonds. The number of benzene rings is 2. The fourth-order valence-electron chi connectivity index (χ4n) is 3.82. The first-order chi connectivity index (χ1) is 16.2. The predicted molar refractivity (Wildman–Crippen MR) is 134 cm³/mol. The molecule has 0 aliphatic carbocycles. The van der Waals surface area contributed by atoms with E-state index in [-0.39, 0.29) is 5.92 Å². The van der Waals surface area contributed by atoms with Crippen molar-refractivity contribution in [1.29, 1.82) is 0 Å². The standard InChI is InChI=1S/C27H24N6/c1-18(22-11-5-6-14-29-22)17-31-27-26(28)32-24(19-8-3-2-4-9-19)25(33-27)21-12-13-23-20(16-21)10-7-15-30-23/h2-16,18H,17H2,1H3,(H2,28,32)(H,31,33). The molecule has 0 aliphatic heterocycles. The van der Waals surface area contributed by atoms with Crippen LogP contribution in [0.15, 0.2) is 91.3 Å². The van der Waals surface area contributed by atoms with Gasteiger partial charge in [0.05, 0.1) is 16.9 Å². The highest BCUT2D eigenvalue weighted by atomic mass is 15.1. The number of rotatable bonds is 6. The summed E-state index contributed by atoms with van der Waals surface area (Å²) in [7, 11) is 0. The molecule has 0 aliphatic rings. The summed E-state index contributed by atoms with van der Waals surface area (Å²) in [5, 5.41) is 4.43. The summed E-state index contributed by atoms with van der Waals surface area (Å²) in [6.07, 6.45) is 3.60. The van der Waals surface area contributed by atoms with E-state index < -0.39 is 0 Å². The van der Waals surface area contributed by atoms with Crippen LogP contribution < -0.4 is 11.1 Å². The maximum Gasteiger partial charge on any atom is 0.169 e. The SMILES string of the molecule is CC(CNc1nc(-c2ccc3ncccc3c2)c(-c2ccccc2)nc1N)c1ccccn1. The van der Waals surface area contributed by atoms with Crippen molar-refractivity contribution in [3.05, 3.63) is 97.0 Å². The molecule has 5 rings (SSSR count). The van der Waals surface area contributed by atoms with Crippen LogP contribution in [0.5, 0.6) is 0 Å². The molecule has 162 valence electrons. The molecule has 0 saturated carbocycles. The molecule has 0 radical (unpaired) electrons. The molecule has 2 aromatic carbocycles. The average Bonchev–Trinajstić information content (AvgIpc) is 2.88. The van der Waals surface area contributed by atoms with Gasteiger partial charge < -0.3 is 11.1 Å². The zero-order chi connectivity index (χ0) is 22.6. The van der Waals surface area contributed by atoms with E-state index in [0.717, 1.165) is 39.1 Å². The number of fused-ring (bicyclic) bond motifs is 1. The third kappa shape index (κ3) is 4.36. The Labute approximate surface area is 192 Å². The van der Waals surface area contributed by atoms with Gasteiger partial charge in [0.15, 0.2) is 11.6 Å². The number of nitrogen functional groups attached to an aromatic ring is 1. The molecule has 3 N–H and O–H groups in total. The van der Waals surface area contributed by atoms with Crippen molar-refractivity contribution in [2.75, 3.05) is 17.6 Å². The second-order valence-electron chi connectivity index (χ2n) is 7.97. The zero-order valence-electron chi connectivity index (χ0n) is 18.3. The summed E-state index contributed by atoms with van der Waals surface area (Å²) >= 11 is 0. The molecular weight excluding hydrogens is 408 g/mol. The van der Waals surface area contributed by atoms with Crippen molar-refractivity contribution in [3.63, 3.8) is 0 Å². The molecule has 0 bridgehead atoms. The minimum absolute atomic E-state index is 0.191. The Morgan fingerprint density at radius 3 is 2.39 bits per heavy atom. The Bertz CT molecular complexity index is 1390. The van der Waals surface area contributed by atoms with E-state index in [2.05, 4.69) is 28.3 Å². The third-order valence-electron chi connectivity index (χ3n) is 5.61. The van der Waals surface area contributed by atoms with Gasteiger partial charge in [-0.2, -0.15) is 0 Å². The fraction of sp³-hybridized carbons (Fsp3) is 0.111. The van der Waals surface area contributed by atoms with E-state index in [0.29, 0.717) is 18.2 Å². The predicted octanol–water partition coefficient (Wildman–Crippen LogP) is 5.55. The zero-order valence-corrected chi connectivity index (χ0v) is 18.3. The monoisotopic (exact) mass is 432 g/mol. The molecule has 3 heterocycles. The molecule has 5 aromatic rings. The maximum atomic E-state index is 6.36. The summed E-state index contributed by atoms with van der Waals surface area (Å²) in [5.41, 5.74) is 11.8. The van der Waals surface area contributed by atoms with Crippen LogP contribution in [0, 0.1) is 0 Å². The number of hydrogen-bond acceptors (Lipinski definition) is 6. The summed E-state index contributed by atoms with van der Waals surface area (Å²) in [6, 6.07) is 26.0. The largest absolute Gasteiger partial charge is 0.381 e. The van der Waals surface area contributed by atoms with Gasteiger partial charge in [0.1, 0.15) is 0 Å². The molecular formula is C27H24N6. The fourth-order valence-corrected chi connectivity index (χ4v) is 3.82. The lowest BCUT2D eigenvalue weighted by atomic mass is 10.0. The van der Waals surface area contributed by atoms with Gasteiger partial charge in [-0.05, 0) is 30.3 Å². The van der Waals surface area contributed by atoms with Gasteiger partial charge in [-0.3, -0.25) is 9.97 Å². The van der Waals surface area contributed by atoms with E-state index in [1.165, 1.54) is 0 Å². The highest BCUT2D eigenvalue weighted by Gasteiger charge is 2.17. The summed E-state index contributed by atoms with van der Waals surface area (Å²) in [4.78, 5) is 18.6. The molecule has 0 fully saturated rings. The van der Waals surface area contributed by atoms with E-state index >= 15 is 0 Å². The highest BCUT2D eigenvalue weighted by molar-refractivity contribution is 5.88. The van der Waals surface area contributed by atoms with Gasteiger partial charge in [0, 0.05) is 47.1 Å². The van der Waals surface area contributed by atoms with Crippen molar-refractivity contribution in [2.24, 2.45) is 0 Å². The minimum atomic E-state index is 0.191. The van der Waals surface area contributed by atoms with E-state index in [1.807, 2.05) is 72.8 Å². The topological polar surface area (TPSA) is 89.6 Å². The van der Waals surface area contributed by atoms with Gasteiger partial charge >= 0.3 is 0 Å². The number of aromatic nitrogens is 4. The molecule has 0 spiro atoms. The van der Waals surface area contributed by atoms with Crippen LogP contribution in [0.2, 0.25) is 0 Å². The third-order valence-corrected chi connectivity index (χ3v) is 5.61. The lowest BCUT2D eigenvalue weighted by Gasteiger charge is -2.16. The molecule has 1 unspecified atom stereocenters. The van der Waals surface area contributed by atoms with E-state index in [1.54, 1.807) is 12.4 Å². The van der Waals surface area contributed by atoms with E-state index in [4.69, 9.17) is 15.7 Å². The van der Waals surface area contributed by atoms with Crippen molar-refractivity contribution in [1.82, 2.24) is 19.9 Å². The van der Waals surface area contributed by atoms with Crippen LogP contribution in [0.4, 0.5) is 11.6 Å². The number of hydrogen-bond donors (Lipinski definition) is 2. The Morgan fingerprint density at radius 2 is 1.58 bits per heavy atom. The Balaban J connectivity index is 1.56. The smallest absolute Gasteiger partial charge is 0.169 e. The molecule has 0 saturated heterocycles. The number of anilines is 2. The number of nitrogens with two attached hydrogens (primary N) is 1. The van der Waals surface area contributed by atoms with Crippen LogP contribution in [0.25, 0.3) is 33.4 Å². The van der Waals surface area contributed by atoms with Crippen molar-refractivity contribution < 1.29 is 0 Å². The first-order valence-electron chi connectivity index (χ1n) is 10.9. The van der Waals surface area contributed by atoms with Gasteiger partial charge in [0.2, 0.25) is 0 Å². The number of pyridine rings is 2. The van der Waals surface area contributed by atoms with E-state index in [9.17, 15) is 0 Å². The first kappa shape index (κ1) is 20.6. The molecule has 3 aromatic heterocycles. The lowest BCUT2D eigenvalue weighted by molar-refractivity contribution is 0.769. The Kier molecular flexibility index (Phi) is 5.64. The normalized spacial score (nSPS) is 11.9. The van der Waals surface area contributed by atoms with Gasteiger partial charge in [-0.1, -0.05) is 55.5 Å². The quantitative estimate of drug-likeness (QED) is 0.366. The lowest BCUT2D eigenvalue weighted by Crippen LogP contribution is -2.14. The highest BCUT2D eigenvalue weighted by Crippen LogP contribution is 2.33. The van der Waals surface area contributed by atoms with Crippen LogP contribution in [0.1, 0.15) is 18.5 Å². The van der Waals surface area contributed by atoms with Crippen molar-refractivity contribution >= 4 is 22.5 Å². The molecule has 6 heteroatoms. The van der Waals surface area contributed by atoms with Crippen molar-refractivity contribution in [2.45, 2.75) is 12.8 Å². The Hall–Kier alpha value is -4.32. The number of nitrogens with zero attached hydrogens (tertiary/aromatic N) is 4. The first-order valence-corrected chi connectivity index (χ1v) is 10.9. The Morgan fingerprint density at radius 1 is 0.788 bits per heavy atom. The van der Waals surface area contributed by atoms with Gasteiger partial charge in [0.25, 0.3) is 0 Å². The second kappa shape index (κ2) is 9.04. The number of nitrogens with one attached hydrogen (secondary N) is 1. The summed E-state index contributed by atoms with van der Waals surface area (Å²) in [6.45, 7) is 2.76. The maximum absolute atomic E-state index is 6.36. The molecule has 6 nitrogen and oxygen atoms in total. The molecule has 33 heavy (non-hydrogen) atoms. The second-order valence-corrected chi connectivity index (χ2v) is 7.97. The molecule has 1 atom stereocenters. The summed E-state index contributed by atoms with van der Waals surface area (Å²) < 4.78 is 0. The van der Waals surface area contributed by atoms with Crippen LogP contribution >= 0.6 is 0 Å². The average molecular weight is 433 g/mol. The summed E-state index contributed by atoms with van der Waals surface area (Å²) in [5.74, 6) is 1.13. The van der Waals surface area contributed by atoms with Gasteiger partial charge in [-0.25, -0.2) is 9.97 Å².